The second-order valence-electron chi connectivity index (χ2n) is 5.20. The molecule has 0 saturated heterocycles. The molecular formula is C17H16N2O. The molecule has 1 aromatic heterocycles. The van der Waals surface area contributed by atoms with Gasteiger partial charge in [-0.25, -0.2) is 4.98 Å². The minimum Gasteiger partial charge on any atom is -0.318 e. The van der Waals surface area contributed by atoms with Crippen LogP contribution in [0, 0.1) is 20.8 Å². The maximum Gasteiger partial charge on any atom is 0.274 e. The van der Waals surface area contributed by atoms with Gasteiger partial charge in [0, 0.05) is 5.56 Å². The zero-order chi connectivity index (χ0) is 14.3. The molecule has 3 aromatic rings. The topological polar surface area (TPSA) is 45.8 Å². The van der Waals surface area contributed by atoms with Gasteiger partial charge in [0.15, 0.2) is 0 Å². The average Bonchev–Trinajstić information content (AvgIpc) is 2.44. The smallest absolute Gasteiger partial charge is 0.274 e. The van der Waals surface area contributed by atoms with Crippen molar-refractivity contribution < 1.29 is 0 Å². The molecule has 0 fully saturated rings. The third-order valence-electron chi connectivity index (χ3n) is 3.59. The van der Waals surface area contributed by atoms with Crippen molar-refractivity contribution in [3.8, 4) is 11.3 Å². The average molecular weight is 264 g/mol. The SMILES string of the molecule is Cc1ccc(-c2nc3c(C)ccc(C)c3[nH]c2=O)cc1. The van der Waals surface area contributed by atoms with Crippen molar-refractivity contribution in [3.63, 3.8) is 0 Å². The highest BCUT2D eigenvalue weighted by molar-refractivity contribution is 5.82. The molecule has 0 radical (unpaired) electrons. The molecule has 3 nitrogen and oxygen atoms in total. The van der Waals surface area contributed by atoms with E-state index in [0.717, 1.165) is 33.3 Å². The Balaban J connectivity index is 2.32. The number of hydrogen-bond acceptors (Lipinski definition) is 2. The van der Waals surface area contributed by atoms with Crippen LogP contribution in [-0.2, 0) is 0 Å². The molecule has 1 N–H and O–H groups in total. The van der Waals surface area contributed by atoms with Gasteiger partial charge in [0.25, 0.3) is 5.56 Å². The van der Waals surface area contributed by atoms with E-state index in [-0.39, 0.29) is 5.56 Å². The maximum atomic E-state index is 12.3. The number of nitrogens with one attached hydrogen (secondary N) is 1. The summed E-state index contributed by atoms with van der Waals surface area (Å²) in [6.07, 6.45) is 0. The molecule has 0 spiro atoms. The Kier molecular flexibility index (Phi) is 2.90. The van der Waals surface area contributed by atoms with Crippen LogP contribution < -0.4 is 5.56 Å². The molecule has 3 rings (SSSR count). The normalized spacial score (nSPS) is 10.9. The van der Waals surface area contributed by atoms with E-state index in [1.807, 2.05) is 57.2 Å². The molecule has 0 aliphatic heterocycles. The molecule has 0 atom stereocenters. The number of aromatic amines is 1. The summed E-state index contributed by atoms with van der Waals surface area (Å²) in [5.41, 5.74) is 6.13. The molecule has 1 heterocycles. The fraction of sp³-hybridized carbons (Fsp3) is 0.176. The van der Waals surface area contributed by atoms with Crippen LogP contribution in [-0.4, -0.2) is 9.97 Å². The lowest BCUT2D eigenvalue weighted by Crippen LogP contribution is -2.12. The molecule has 0 amide bonds. The summed E-state index contributed by atoms with van der Waals surface area (Å²) < 4.78 is 0. The monoisotopic (exact) mass is 264 g/mol. The Hall–Kier alpha value is -2.42. The Bertz CT molecular complexity index is 845. The van der Waals surface area contributed by atoms with Gasteiger partial charge in [-0.15, -0.1) is 0 Å². The van der Waals surface area contributed by atoms with Gasteiger partial charge in [-0.1, -0.05) is 42.0 Å². The van der Waals surface area contributed by atoms with Crippen LogP contribution in [0.5, 0.6) is 0 Å². The van der Waals surface area contributed by atoms with E-state index >= 15 is 0 Å². The number of fused-ring (bicyclic) bond motifs is 1. The van der Waals surface area contributed by atoms with E-state index in [1.165, 1.54) is 0 Å². The highest BCUT2D eigenvalue weighted by atomic mass is 16.1. The van der Waals surface area contributed by atoms with Crippen molar-refractivity contribution >= 4 is 11.0 Å². The summed E-state index contributed by atoms with van der Waals surface area (Å²) in [4.78, 5) is 19.8. The van der Waals surface area contributed by atoms with Crippen molar-refractivity contribution in [2.75, 3.05) is 0 Å². The molecule has 0 saturated carbocycles. The van der Waals surface area contributed by atoms with Gasteiger partial charge in [-0.3, -0.25) is 4.79 Å². The second kappa shape index (κ2) is 4.60. The second-order valence-corrected chi connectivity index (χ2v) is 5.20. The van der Waals surface area contributed by atoms with Crippen LogP contribution in [0.4, 0.5) is 0 Å². The molecule has 3 heteroatoms. The van der Waals surface area contributed by atoms with Gasteiger partial charge in [0.1, 0.15) is 5.69 Å². The maximum absolute atomic E-state index is 12.3. The zero-order valence-corrected chi connectivity index (χ0v) is 11.8. The van der Waals surface area contributed by atoms with Crippen molar-refractivity contribution in [2.45, 2.75) is 20.8 Å². The number of benzene rings is 2. The van der Waals surface area contributed by atoms with E-state index in [1.54, 1.807) is 0 Å². The molecule has 0 aliphatic rings. The molecule has 20 heavy (non-hydrogen) atoms. The number of aryl methyl sites for hydroxylation is 3. The highest BCUT2D eigenvalue weighted by Crippen LogP contribution is 2.20. The minimum absolute atomic E-state index is 0.143. The molecule has 100 valence electrons. The number of nitrogens with zero attached hydrogens (tertiary/aromatic N) is 1. The zero-order valence-electron chi connectivity index (χ0n) is 11.8. The van der Waals surface area contributed by atoms with Crippen LogP contribution >= 0.6 is 0 Å². The molecule has 0 unspecified atom stereocenters. The minimum atomic E-state index is -0.143. The predicted molar refractivity (Wildman–Crippen MR) is 82.0 cm³/mol. The van der Waals surface area contributed by atoms with Gasteiger partial charge in [0.2, 0.25) is 0 Å². The van der Waals surface area contributed by atoms with Gasteiger partial charge in [0.05, 0.1) is 11.0 Å². The van der Waals surface area contributed by atoms with E-state index in [2.05, 4.69) is 9.97 Å². The summed E-state index contributed by atoms with van der Waals surface area (Å²) in [5, 5.41) is 0. The lowest BCUT2D eigenvalue weighted by atomic mass is 10.1. The van der Waals surface area contributed by atoms with Crippen molar-refractivity contribution in [1.82, 2.24) is 9.97 Å². The summed E-state index contributed by atoms with van der Waals surface area (Å²) >= 11 is 0. The Morgan fingerprint density at radius 2 is 1.55 bits per heavy atom. The first-order valence-electron chi connectivity index (χ1n) is 6.63. The van der Waals surface area contributed by atoms with E-state index < -0.39 is 0 Å². The lowest BCUT2D eigenvalue weighted by Gasteiger charge is -2.07. The molecule has 2 aromatic carbocycles. The fourth-order valence-corrected chi connectivity index (χ4v) is 2.34. The van der Waals surface area contributed by atoms with Crippen LogP contribution in [0.1, 0.15) is 16.7 Å². The predicted octanol–water partition coefficient (Wildman–Crippen LogP) is 3.52. The van der Waals surface area contributed by atoms with Crippen LogP contribution in [0.15, 0.2) is 41.2 Å². The Morgan fingerprint density at radius 3 is 2.25 bits per heavy atom. The first-order valence-corrected chi connectivity index (χ1v) is 6.63. The van der Waals surface area contributed by atoms with E-state index in [4.69, 9.17) is 0 Å². The number of aromatic nitrogens is 2. The third-order valence-corrected chi connectivity index (χ3v) is 3.59. The van der Waals surface area contributed by atoms with Crippen LogP contribution in [0.25, 0.3) is 22.3 Å². The van der Waals surface area contributed by atoms with Gasteiger partial charge >= 0.3 is 0 Å². The van der Waals surface area contributed by atoms with E-state index in [0.29, 0.717) is 5.69 Å². The van der Waals surface area contributed by atoms with Crippen LogP contribution in [0.2, 0.25) is 0 Å². The van der Waals surface area contributed by atoms with Gasteiger partial charge < -0.3 is 4.98 Å². The lowest BCUT2D eigenvalue weighted by molar-refractivity contribution is 1.19. The number of H-pyrrole nitrogens is 1. The van der Waals surface area contributed by atoms with Gasteiger partial charge in [-0.05, 0) is 31.9 Å². The summed E-state index contributed by atoms with van der Waals surface area (Å²) in [7, 11) is 0. The van der Waals surface area contributed by atoms with Crippen LogP contribution in [0.3, 0.4) is 0 Å². The molecule has 0 aliphatic carbocycles. The van der Waals surface area contributed by atoms with Crippen molar-refractivity contribution in [2.24, 2.45) is 0 Å². The Labute approximate surface area is 117 Å². The summed E-state index contributed by atoms with van der Waals surface area (Å²) in [6, 6.07) is 11.9. The Morgan fingerprint density at radius 1 is 0.900 bits per heavy atom. The van der Waals surface area contributed by atoms with Crippen molar-refractivity contribution in [3.05, 3.63) is 63.4 Å². The molecular weight excluding hydrogens is 248 g/mol. The van der Waals surface area contributed by atoms with Crippen molar-refractivity contribution in [1.29, 1.82) is 0 Å². The first-order chi connectivity index (χ1) is 9.56. The highest BCUT2D eigenvalue weighted by Gasteiger charge is 2.10. The quantitative estimate of drug-likeness (QED) is 0.731. The third kappa shape index (κ3) is 2.01. The fourth-order valence-electron chi connectivity index (χ4n) is 2.34. The largest absolute Gasteiger partial charge is 0.318 e. The standard InChI is InChI=1S/C17H16N2O/c1-10-4-8-13(9-5-10)16-17(20)19-15-12(3)7-6-11(2)14(15)18-16/h4-9H,1-3H3,(H,19,20). The number of hydrogen-bond donors (Lipinski definition) is 1. The van der Waals surface area contributed by atoms with Gasteiger partial charge in [-0.2, -0.15) is 0 Å². The molecule has 0 bridgehead atoms. The summed E-state index contributed by atoms with van der Waals surface area (Å²) in [5.74, 6) is 0. The first kappa shape index (κ1) is 12.6. The summed E-state index contributed by atoms with van der Waals surface area (Å²) in [6.45, 7) is 6.01. The number of rotatable bonds is 1. The van der Waals surface area contributed by atoms with E-state index in [9.17, 15) is 4.79 Å².